The fraction of sp³-hybridized carbons (Fsp3) is 0.727. The Morgan fingerprint density at radius 2 is 2.31 bits per heavy atom. The fourth-order valence-corrected chi connectivity index (χ4v) is 1.25. The molecule has 0 saturated heterocycles. The molecule has 5 heteroatoms. The van der Waals surface area contributed by atoms with Crippen LogP contribution in [0.5, 0.6) is 0 Å². The second kappa shape index (κ2) is 8.27. The van der Waals surface area contributed by atoms with E-state index < -0.39 is 0 Å². The van der Waals surface area contributed by atoms with E-state index in [2.05, 4.69) is 17.2 Å². The lowest BCUT2D eigenvalue weighted by molar-refractivity contribution is 0.106. The first kappa shape index (κ1) is 13.2. The zero-order valence-electron chi connectivity index (χ0n) is 9.99. The Hall–Kier alpha value is -0.910. The number of hydrogen-bond donors (Lipinski definition) is 1. The predicted octanol–water partition coefficient (Wildman–Crippen LogP) is 1.34. The Morgan fingerprint density at radius 3 is 3.06 bits per heavy atom. The Bertz CT molecular complexity index is 276. The summed E-state index contributed by atoms with van der Waals surface area (Å²) >= 11 is 0. The van der Waals surface area contributed by atoms with Gasteiger partial charge in [-0.15, -0.1) is 0 Å². The molecule has 0 saturated carbocycles. The minimum absolute atomic E-state index is 0.495. The molecule has 0 unspecified atom stereocenters. The number of hydrogen-bond acceptors (Lipinski definition) is 5. The van der Waals surface area contributed by atoms with E-state index in [0.29, 0.717) is 19.8 Å². The van der Waals surface area contributed by atoms with E-state index in [4.69, 9.17) is 13.9 Å². The van der Waals surface area contributed by atoms with E-state index in [0.717, 1.165) is 31.0 Å². The second-order valence-corrected chi connectivity index (χ2v) is 3.44. The van der Waals surface area contributed by atoms with Crippen LogP contribution in [0.3, 0.4) is 0 Å². The second-order valence-electron chi connectivity index (χ2n) is 3.44. The van der Waals surface area contributed by atoms with Crippen LogP contribution in [0.4, 0.5) is 0 Å². The van der Waals surface area contributed by atoms with Crippen molar-refractivity contribution in [1.82, 2.24) is 10.3 Å². The van der Waals surface area contributed by atoms with Gasteiger partial charge in [0.2, 0.25) is 0 Å². The molecule has 0 radical (unpaired) electrons. The molecule has 1 aromatic rings. The lowest BCUT2D eigenvalue weighted by atomic mass is 10.3. The van der Waals surface area contributed by atoms with Gasteiger partial charge in [-0.1, -0.05) is 6.92 Å². The Morgan fingerprint density at radius 1 is 1.44 bits per heavy atom. The van der Waals surface area contributed by atoms with Gasteiger partial charge in [-0.25, -0.2) is 4.98 Å². The SMILES string of the molecule is CCCOCc1ocnc1CNCCOC. The summed E-state index contributed by atoms with van der Waals surface area (Å²) in [6.07, 6.45) is 2.47. The van der Waals surface area contributed by atoms with Crippen LogP contribution in [0, 0.1) is 0 Å². The van der Waals surface area contributed by atoms with E-state index >= 15 is 0 Å². The molecule has 0 spiro atoms. The van der Waals surface area contributed by atoms with Crippen molar-refractivity contribution in [3.8, 4) is 0 Å². The number of nitrogens with one attached hydrogen (secondary N) is 1. The van der Waals surface area contributed by atoms with Gasteiger partial charge in [0.25, 0.3) is 0 Å². The van der Waals surface area contributed by atoms with Crippen molar-refractivity contribution in [3.05, 3.63) is 17.8 Å². The lowest BCUT2D eigenvalue weighted by Gasteiger charge is -2.04. The van der Waals surface area contributed by atoms with E-state index in [1.165, 1.54) is 6.39 Å². The molecule has 16 heavy (non-hydrogen) atoms. The summed E-state index contributed by atoms with van der Waals surface area (Å²) < 4.78 is 15.6. The van der Waals surface area contributed by atoms with Crippen molar-refractivity contribution in [2.24, 2.45) is 0 Å². The van der Waals surface area contributed by atoms with Crippen LogP contribution in [0.1, 0.15) is 24.8 Å². The van der Waals surface area contributed by atoms with E-state index in [1.54, 1.807) is 7.11 Å². The molecule has 0 aromatic carbocycles. The lowest BCUT2D eigenvalue weighted by Crippen LogP contribution is -2.19. The zero-order chi connectivity index (χ0) is 11.6. The first-order chi connectivity index (χ1) is 7.88. The molecule has 1 N–H and O–H groups in total. The number of ether oxygens (including phenoxy) is 2. The highest BCUT2D eigenvalue weighted by atomic mass is 16.5. The van der Waals surface area contributed by atoms with Crippen LogP contribution in [-0.4, -0.2) is 31.9 Å². The molecule has 5 nitrogen and oxygen atoms in total. The smallest absolute Gasteiger partial charge is 0.181 e. The average Bonchev–Trinajstić information content (AvgIpc) is 2.73. The molecule has 0 bridgehead atoms. The van der Waals surface area contributed by atoms with E-state index in [9.17, 15) is 0 Å². The summed E-state index contributed by atoms with van der Waals surface area (Å²) in [5.74, 6) is 0.804. The van der Waals surface area contributed by atoms with Gasteiger partial charge in [-0.2, -0.15) is 0 Å². The number of aromatic nitrogens is 1. The molecule has 1 aromatic heterocycles. The van der Waals surface area contributed by atoms with Gasteiger partial charge in [-0.3, -0.25) is 0 Å². The van der Waals surface area contributed by atoms with Crippen molar-refractivity contribution in [3.63, 3.8) is 0 Å². The van der Waals surface area contributed by atoms with Crippen LogP contribution in [0.25, 0.3) is 0 Å². The number of methoxy groups -OCH3 is 1. The highest BCUT2D eigenvalue weighted by Gasteiger charge is 2.07. The van der Waals surface area contributed by atoms with Gasteiger partial charge in [0, 0.05) is 26.8 Å². The maximum Gasteiger partial charge on any atom is 0.181 e. The largest absolute Gasteiger partial charge is 0.446 e. The monoisotopic (exact) mass is 228 g/mol. The number of rotatable bonds is 9. The summed E-state index contributed by atoms with van der Waals surface area (Å²) in [6, 6.07) is 0. The predicted molar refractivity (Wildman–Crippen MR) is 60.0 cm³/mol. The Labute approximate surface area is 96.1 Å². The minimum atomic E-state index is 0.495. The van der Waals surface area contributed by atoms with Crippen LogP contribution in [0.15, 0.2) is 10.8 Å². The third kappa shape index (κ3) is 4.74. The molecule has 0 aliphatic heterocycles. The zero-order valence-corrected chi connectivity index (χ0v) is 9.99. The molecule has 0 aliphatic rings. The summed E-state index contributed by atoms with van der Waals surface area (Å²) in [5.41, 5.74) is 0.909. The highest BCUT2D eigenvalue weighted by Crippen LogP contribution is 2.08. The standard InChI is InChI=1S/C11H20N2O3/c1-3-5-15-8-11-10(13-9-16-11)7-12-4-6-14-2/h9,12H,3-8H2,1-2H3. The topological polar surface area (TPSA) is 56.5 Å². The van der Waals surface area contributed by atoms with Crippen LogP contribution in [0.2, 0.25) is 0 Å². The van der Waals surface area contributed by atoms with Crippen molar-refractivity contribution >= 4 is 0 Å². The Balaban J connectivity index is 2.26. The van der Waals surface area contributed by atoms with Crippen molar-refractivity contribution in [1.29, 1.82) is 0 Å². The molecule has 1 heterocycles. The molecule has 0 fully saturated rings. The minimum Gasteiger partial charge on any atom is -0.446 e. The molecular formula is C11H20N2O3. The van der Waals surface area contributed by atoms with Crippen molar-refractivity contribution in [2.45, 2.75) is 26.5 Å². The summed E-state index contributed by atoms with van der Waals surface area (Å²) in [4.78, 5) is 4.14. The first-order valence-corrected chi connectivity index (χ1v) is 5.57. The highest BCUT2D eigenvalue weighted by molar-refractivity contribution is 5.05. The molecule has 0 atom stereocenters. The van der Waals surface area contributed by atoms with Crippen molar-refractivity contribution in [2.75, 3.05) is 26.9 Å². The van der Waals surface area contributed by atoms with Gasteiger partial charge in [-0.05, 0) is 6.42 Å². The Kier molecular flexibility index (Phi) is 6.80. The van der Waals surface area contributed by atoms with Crippen molar-refractivity contribution < 1.29 is 13.9 Å². The van der Waals surface area contributed by atoms with Crippen LogP contribution >= 0.6 is 0 Å². The number of oxazole rings is 1. The molecular weight excluding hydrogens is 208 g/mol. The molecule has 92 valence electrons. The van der Waals surface area contributed by atoms with Gasteiger partial charge in [0.15, 0.2) is 12.2 Å². The van der Waals surface area contributed by atoms with E-state index in [1.807, 2.05) is 0 Å². The van der Waals surface area contributed by atoms with Gasteiger partial charge in [0.05, 0.1) is 12.3 Å². The third-order valence-electron chi connectivity index (χ3n) is 2.08. The van der Waals surface area contributed by atoms with Gasteiger partial charge >= 0.3 is 0 Å². The summed E-state index contributed by atoms with van der Waals surface area (Å²) in [7, 11) is 1.68. The first-order valence-electron chi connectivity index (χ1n) is 5.57. The van der Waals surface area contributed by atoms with E-state index in [-0.39, 0.29) is 0 Å². The maximum atomic E-state index is 5.41. The fourth-order valence-electron chi connectivity index (χ4n) is 1.25. The van der Waals surface area contributed by atoms with Gasteiger partial charge < -0.3 is 19.2 Å². The molecule has 0 amide bonds. The normalized spacial score (nSPS) is 10.9. The summed E-state index contributed by atoms with van der Waals surface area (Å²) in [6.45, 7) is 5.50. The quantitative estimate of drug-likeness (QED) is 0.646. The van der Waals surface area contributed by atoms with Crippen LogP contribution in [-0.2, 0) is 22.6 Å². The average molecular weight is 228 g/mol. The third-order valence-corrected chi connectivity index (χ3v) is 2.08. The van der Waals surface area contributed by atoms with Gasteiger partial charge in [0.1, 0.15) is 6.61 Å². The maximum absolute atomic E-state index is 5.41. The number of nitrogens with zero attached hydrogens (tertiary/aromatic N) is 1. The summed E-state index contributed by atoms with van der Waals surface area (Å²) in [5, 5.41) is 3.22. The van der Waals surface area contributed by atoms with Crippen LogP contribution < -0.4 is 5.32 Å². The molecule has 0 aliphatic carbocycles. The molecule has 1 rings (SSSR count).